The molecule has 0 aromatic heterocycles. The maximum atomic E-state index is 12.0. The molecule has 4 heteroatoms. The number of ether oxygens (including phenoxy) is 2. The second-order valence-corrected chi connectivity index (χ2v) is 7.95. The highest BCUT2D eigenvalue weighted by atomic mass is 16.5. The maximum absolute atomic E-state index is 12.0. The van der Waals surface area contributed by atoms with Crippen molar-refractivity contribution in [2.24, 2.45) is 0 Å². The largest absolute Gasteiger partial charge is 0.462 e. The summed E-state index contributed by atoms with van der Waals surface area (Å²) in [6.45, 7) is 8.53. The third kappa shape index (κ3) is 15.9. The van der Waals surface area contributed by atoms with Gasteiger partial charge >= 0.3 is 11.9 Å². The van der Waals surface area contributed by atoms with Crippen molar-refractivity contribution < 1.29 is 19.1 Å². The summed E-state index contributed by atoms with van der Waals surface area (Å²) in [7, 11) is 0. The van der Waals surface area contributed by atoms with Gasteiger partial charge in [0.15, 0.2) is 0 Å². The topological polar surface area (TPSA) is 52.6 Å². The standard InChI is InChI=1S/C24H46O4/c1-5-9-11-13-17-21(7-3)27-23(25)19-15-16-20-24(26)28-22(8-4)18-14-12-10-6-2/h21-22H,5-20H2,1-4H3. The van der Waals surface area contributed by atoms with E-state index in [1.807, 2.05) is 0 Å². The number of esters is 2. The van der Waals surface area contributed by atoms with E-state index in [1.165, 1.54) is 38.5 Å². The highest BCUT2D eigenvalue weighted by Crippen LogP contribution is 2.15. The van der Waals surface area contributed by atoms with Gasteiger partial charge < -0.3 is 9.47 Å². The Balaban J connectivity index is 3.84. The van der Waals surface area contributed by atoms with Gasteiger partial charge in [-0.2, -0.15) is 0 Å². The van der Waals surface area contributed by atoms with Crippen LogP contribution in [0, 0.1) is 0 Å². The van der Waals surface area contributed by atoms with Crippen LogP contribution in [0.5, 0.6) is 0 Å². The number of rotatable bonds is 19. The zero-order valence-electron chi connectivity index (χ0n) is 19.1. The number of hydrogen-bond donors (Lipinski definition) is 0. The molecule has 0 radical (unpaired) electrons. The highest BCUT2D eigenvalue weighted by Gasteiger charge is 2.14. The van der Waals surface area contributed by atoms with Gasteiger partial charge in [-0.1, -0.05) is 66.2 Å². The Morgan fingerprint density at radius 1 is 0.571 bits per heavy atom. The molecule has 0 N–H and O–H groups in total. The van der Waals surface area contributed by atoms with Crippen LogP contribution in [0.4, 0.5) is 0 Å². The Kier molecular flexibility index (Phi) is 18.5. The van der Waals surface area contributed by atoms with Gasteiger partial charge in [-0.05, 0) is 51.4 Å². The molecule has 0 aromatic carbocycles. The van der Waals surface area contributed by atoms with Crippen LogP contribution in [0.25, 0.3) is 0 Å². The second-order valence-electron chi connectivity index (χ2n) is 7.95. The van der Waals surface area contributed by atoms with Gasteiger partial charge in [0, 0.05) is 12.8 Å². The van der Waals surface area contributed by atoms with Gasteiger partial charge in [0.1, 0.15) is 12.2 Å². The quantitative estimate of drug-likeness (QED) is 0.171. The summed E-state index contributed by atoms with van der Waals surface area (Å²) in [6, 6.07) is 0. The molecule has 2 unspecified atom stereocenters. The number of carbonyl (C=O) groups excluding carboxylic acids is 2. The van der Waals surface area contributed by atoms with Crippen LogP contribution in [0.15, 0.2) is 0 Å². The minimum atomic E-state index is -0.127. The fourth-order valence-electron chi connectivity index (χ4n) is 3.32. The first-order chi connectivity index (χ1) is 13.6. The summed E-state index contributed by atoms with van der Waals surface area (Å²) in [5.41, 5.74) is 0. The van der Waals surface area contributed by atoms with Crippen LogP contribution in [0.1, 0.15) is 130 Å². The van der Waals surface area contributed by atoms with Gasteiger partial charge in [-0.15, -0.1) is 0 Å². The predicted molar refractivity (Wildman–Crippen MR) is 116 cm³/mol. The Bertz CT molecular complexity index is 345. The Hall–Kier alpha value is -1.06. The van der Waals surface area contributed by atoms with Crippen LogP contribution >= 0.6 is 0 Å². The molecule has 0 aromatic rings. The zero-order valence-corrected chi connectivity index (χ0v) is 19.1. The summed E-state index contributed by atoms with van der Waals surface area (Å²) in [5, 5.41) is 0. The molecule has 28 heavy (non-hydrogen) atoms. The average Bonchev–Trinajstić information content (AvgIpc) is 2.69. The van der Waals surface area contributed by atoms with E-state index in [0.29, 0.717) is 25.7 Å². The summed E-state index contributed by atoms with van der Waals surface area (Å²) in [5.74, 6) is -0.254. The van der Waals surface area contributed by atoms with Crippen molar-refractivity contribution in [1.29, 1.82) is 0 Å². The third-order valence-electron chi connectivity index (χ3n) is 5.28. The summed E-state index contributed by atoms with van der Waals surface area (Å²) in [6.07, 6.45) is 15.6. The van der Waals surface area contributed by atoms with Crippen LogP contribution in [0.2, 0.25) is 0 Å². The van der Waals surface area contributed by atoms with Crippen molar-refractivity contribution in [1.82, 2.24) is 0 Å². The molecule has 0 aliphatic carbocycles. The Morgan fingerprint density at radius 2 is 0.964 bits per heavy atom. The van der Waals surface area contributed by atoms with E-state index in [9.17, 15) is 9.59 Å². The first-order valence-corrected chi connectivity index (χ1v) is 12.0. The minimum Gasteiger partial charge on any atom is -0.462 e. The lowest BCUT2D eigenvalue weighted by molar-refractivity contribution is -0.152. The van der Waals surface area contributed by atoms with E-state index in [1.54, 1.807) is 0 Å². The van der Waals surface area contributed by atoms with Crippen molar-refractivity contribution in [3.63, 3.8) is 0 Å². The first kappa shape index (κ1) is 26.9. The molecule has 0 aliphatic heterocycles. The molecule has 2 atom stereocenters. The number of carbonyl (C=O) groups is 2. The summed E-state index contributed by atoms with van der Waals surface area (Å²) in [4.78, 5) is 24.0. The average molecular weight is 399 g/mol. The fraction of sp³-hybridized carbons (Fsp3) is 0.917. The lowest BCUT2D eigenvalue weighted by atomic mass is 10.1. The number of hydrogen-bond acceptors (Lipinski definition) is 4. The lowest BCUT2D eigenvalue weighted by Crippen LogP contribution is -2.18. The SMILES string of the molecule is CCCCCCC(CC)OC(=O)CCCCC(=O)OC(CC)CCCCCC. The third-order valence-corrected chi connectivity index (χ3v) is 5.28. The Morgan fingerprint density at radius 3 is 1.29 bits per heavy atom. The molecule has 166 valence electrons. The van der Waals surface area contributed by atoms with Gasteiger partial charge in [0.05, 0.1) is 0 Å². The van der Waals surface area contributed by atoms with Gasteiger partial charge in [-0.25, -0.2) is 0 Å². The lowest BCUT2D eigenvalue weighted by Gasteiger charge is -2.17. The zero-order chi connectivity index (χ0) is 21.0. The van der Waals surface area contributed by atoms with E-state index >= 15 is 0 Å². The van der Waals surface area contributed by atoms with Gasteiger partial charge in [0.2, 0.25) is 0 Å². The monoisotopic (exact) mass is 398 g/mol. The summed E-state index contributed by atoms with van der Waals surface area (Å²) < 4.78 is 11.2. The van der Waals surface area contributed by atoms with Crippen LogP contribution in [-0.4, -0.2) is 24.1 Å². The molecule has 4 nitrogen and oxygen atoms in total. The van der Waals surface area contributed by atoms with E-state index in [2.05, 4.69) is 27.7 Å². The molecule has 0 amide bonds. The van der Waals surface area contributed by atoms with Crippen molar-refractivity contribution in [2.75, 3.05) is 0 Å². The molecular weight excluding hydrogens is 352 g/mol. The van der Waals surface area contributed by atoms with E-state index in [4.69, 9.17) is 9.47 Å². The maximum Gasteiger partial charge on any atom is 0.306 e. The van der Waals surface area contributed by atoms with E-state index in [0.717, 1.165) is 38.5 Å². The Labute approximate surface area is 174 Å². The summed E-state index contributed by atoms with van der Waals surface area (Å²) >= 11 is 0. The predicted octanol–water partition coefficient (Wildman–Crippen LogP) is 7.13. The first-order valence-electron chi connectivity index (χ1n) is 12.0. The molecule has 0 rings (SSSR count). The smallest absolute Gasteiger partial charge is 0.306 e. The molecule has 0 saturated heterocycles. The van der Waals surface area contributed by atoms with Crippen molar-refractivity contribution in [3.8, 4) is 0 Å². The van der Waals surface area contributed by atoms with Crippen LogP contribution < -0.4 is 0 Å². The minimum absolute atomic E-state index is 0.0485. The van der Waals surface area contributed by atoms with E-state index < -0.39 is 0 Å². The van der Waals surface area contributed by atoms with Crippen LogP contribution in [-0.2, 0) is 19.1 Å². The molecular formula is C24H46O4. The highest BCUT2D eigenvalue weighted by molar-refractivity contribution is 5.70. The van der Waals surface area contributed by atoms with Crippen molar-refractivity contribution >= 4 is 11.9 Å². The van der Waals surface area contributed by atoms with Gasteiger partial charge in [-0.3, -0.25) is 9.59 Å². The van der Waals surface area contributed by atoms with Crippen molar-refractivity contribution in [3.05, 3.63) is 0 Å². The van der Waals surface area contributed by atoms with Crippen LogP contribution in [0.3, 0.4) is 0 Å². The normalized spacial score (nSPS) is 13.1. The fourth-order valence-corrected chi connectivity index (χ4v) is 3.32. The molecule has 0 aliphatic rings. The molecule has 0 saturated carbocycles. The number of unbranched alkanes of at least 4 members (excludes halogenated alkanes) is 7. The molecule has 0 fully saturated rings. The molecule has 0 bridgehead atoms. The molecule has 0 heterocycles. The van der Waals surface area contributed by atoms with Gasteiger partial charge in [0.25, 0.3) is 0 Å². The van der Waals surface area contributed by atoms with E-state index in [-0.39, 0.29) is 24.1 Å². The second kappa shape index (κ2) is 19.3. The molecule has 0 spiro atoms. The van der Waals surface area contributed by atoms with Crippen molar-refractivity contribution in [2.45, 2.75) is 143 Å².